The van der Waals surface area contributed by atoms with E-state index in [2.05, 4.69) is 27.7 Å². The summed E-state index contributed by atoms with van der Waals surface area (Å²) in [5.41, 5.74) is 0.542. The van der Waals surface area contributed by atoms with Crippen LogP contribution in [0.25, 0.3) is 0 Å². The zero-order valence-electron chi connectivity index (χ0n) is 9.85. The average Bonchev–Trinajstić information content (AvgIpc) is 2.02. The summed E-state index contributed by atoms with van der Waals surface area (Å²) in [6, 6.07) is 0. The van der Waals surface area contributed by atoms with Crippen molar-refractivity contribution in [3.05, 3.63) is 0 Å². The number of hydrogen-bond donors (Lipinski definition) is 1. The fourth-order valence-electron chi connectivity index (χ4n) is 0.175. The van der Waals surface area contributed by atoms with Crippen molar-refractivity contribution in [1.29, 1.82) is 0 Å². The average molecular weight is 188 g/mol. The Hall–Kier alpha value is -0.530. The second-order valence-electron chi connectivity index (χ2n) is 4.56. The van der Waals surface area contributed by atoms with Gasteiger partial charge in [0.25, 0.3) is 0 Å². The van der Waals surface area contributed by atoms with Gasteiger partial charge in [0.1, 0.15) is 0 Å². The molecule has 0 radical (unpaired) electrons. The largest absolute Gasteiger partial charge is 0.481 e. The maximum atomic E-state index is 9.93. The molecule has 0 saturated carbocycles. The summed E-state index contributed by atoms with van der Waals surface area (Å²) in [6.45, 7) is 12.5. The Bertz CT molecular complexity index is 134. The van der Waals surface area contributed by atoms with Crippen LogP contribution in [0.2, 0.25) is 0 Å². The van der Waals surface area contributed by atoms with Gasteiger partial charge < -0.3 is 5.11 Å². The van der Waals surface area contributed by atoms with Crippen molar-refractivity contribution in [3.63, 3.8) is 0 Å². The number of aliphatic carboxylic acids is 1. The Morgan fingerprint density at radius 1 is 1.31 bits per heavy atom. The minimum Gasteiger partial charge on any atom is -0.481 e. The lowest BCUT2D eigenvalue weighted by molar-refractivity contribution is -0.141. The molecule has 0 spiro atoms. The van der Waals surface area contributed by atoms with E-state index in [0.29, 0.717) is 5.41 Å². The molecule has 80 valence electrons. The highest BCUT2D eigenvalue weighted by Gasteiger charge is 2.05. The lowest BCUT2D eigenvalue weighted by atomic mass is 9.94. The van der Waals surface area contributed by atoms with Crippen LogP contribution in [0.1, 0.15) is 54.4 Å². The number of carbonyl (C=O) groups is 1. The lowest BCUT2D eigenvalue weighted by Gasteiger charge is -2.12. The van der Waals surface area contributed by atoms with Gasteiger partial charge in [0.2, 0.25) is 0 Å². The first-order valence-corrected chi connectivity index (χ1v) is 4.97. The Balaban J connectivity index is 0. The van der Waals surface area contributed by atoms with Gasteiger partial charge in [0.05, 0.1) is 5.92 Å². The van der Waals surface area contributed by atoms with Crippen LogP contribution in [0.4, 0.5) is 0 Å². The van der Waals surface area contributed by atoms with Gasteiger partial charge in [0.15, 0.2) is 0 Å². The third-order valence-corrected chi connectivity index (χ3v) is 2.09. The van der Waals surface area contributed by atoms with Crippen LogP contribution in [0.5, 0.6) is 0 Å². The Morgan fingerprint density at radius 3 is 1.62 bits per heavy atom. The van der Waals surface area contributed by atoms with Gasteiger partial charge in [-0.15, -0.1) is 0 Å². The molecule has 2 nitrogen and oxygen atoms in total. The summed E-state index contributed by atoms with van der Waals surface area (Å²) in [6.07, 6.45) is 1.99. The molecule has 1 N–H and O–H groups in total. The van der Waals surface area contributed by atoms with E-state index in [1.807, 2.05) is 6.92 Å². The first kappa shape index (κ1) is 15.0. The molecule has 0 saturated heterocycles. The maximum Gasteiger partial charge on any atom is 0.306 e. The molecular weight excluding hydrogens is 164 g/mol. The first-order valence-electron chi connectivity index (χ1n) is 4.97. The first-order chi connectivity index (χ1) is 5.74. The van der Waals surface area contributed by atoms with E-state index in [4.69, 9.17) is 5.11 Å². The van der Waals surface area contributed by atoms with Crippen molar-refractivity contribution >= 4 is 5.97 Å². The molecule has 0 heterocycles. The van der Waals surface area contributed by atoms with Crippen LogP contribution in [-0.4, -0.2) is 11.1 Å². The minimum atomic E-state index is -0.706. The molecule has 0 fully saturated rings. The molecule has 0 rings (SSSR count). The van der Waals surface area contributed by atoms with Gasteiger partial charge in [-0.1, -0.05) is 48.0 Å². The molecule has 13 heavy (non-hydrogen) atoms. The van der Waals surface area contributed by atoms with Gasteiger partial charge in [-0.25, -0.2) is 0 Å². The van der Waals surface area contributed by atoms with E-state index >= 15 is 0 Å². The van der Waals surface area contributed by atoms with Crippen molar-refractivity contribution in [2.24, 2.45) is 11.3 Å². The normalized spacial score (nSPS) is 12.8. The fourth-order valence-corrected chi connectivity index (χ4v) is 0.175. The summed E-state index contributed by atoms with van der Waals surface area (Å²) in [7, 11) is 0. The molecule has 0 aromatic carbocycles. The minimum absolute atomic E-state index is 0.181. The van der Waals surface area contributed by atoms with Gasteiger partial charge in [-0.05, 0) is 11.8 Å². The molecule has 0 aliphatic carbocycles. The van der Waals surface area contributed by atoms with Gasteiger partial charge in [-0.2, -0.15) is 0 Å². The van der Waals surface area contributed by atoms with Crippen molar-refractivity contribution < 1.29 is 9.90 Å². The predicted octanol–water partition coefficient (Wildman–Crippen LogP) is 3.56. The van der Waals surface area contributed by atoms with E-state index < -0.39 is 5.97 Å². The second-order valence-corrected chi connectivity index (χ2v) is 4.56. The predicted molar refractivity (Wildman–Crippen MR) is 56.8 cm³/mol. The highest BCUT2D eigenvalue weighted by atomic mass is 16.4. The molecule has 0 aromatic rings. The van der Waals surface area contributed by atoms with Crippen molar-refractivity contribution in [3.8, 4) is 0 Å². The van der Waals surface area contributed by atoms with E-state index in [0.717, 1.165) is 6.42 Å². The van der Waals surface area contributed by atoms with Crippen LogP contribution in [0.15, 0.2) is 0 Å². The third-order valence-electron chi connectivity index (χ3n) is 2.09. The van der Waals surface area contributed by atoms with Crippen LogP contribution in [0.3, 0.4) is 0 Å². The molecular formula is C11H24O2. The zero-order chi connectivity index (χ0) is 11.1. The molecule has 0 aliphatic rings. The Kier molecular flexibility index (Phi) is 7.98. The van der Waals surface area contributed by atoms with Crippen LogP contribution >= 0.6 is 0 Å². The summed E-state index contributed by atoms with van der Waals surface area (Å²) in [5, 5.41) is 8.18. The van der Waals surface area contributed by atoms with Crippen LogP contribution in [0, 0.1) is 11.3 Å². The maximum absolute atomic E-state index is 9.93. The quantitative estimate of drug-likeness (QED) is 0.719. The molecule has 0 bridgehead atoms. The monoisotopic (exact) mass is 188 g/mol. The third kappa shape index (κ3) is 14.3. The molecule has 1 unspecified atom stereocenters. The Morgan fingerprint density at radius 2 is 1.62 bits per heavy atom. The van der Waals surface area contributed by atoms with Gasteiger partial charge in [0, 0.05) is 0 Å². The van der Waals surface area contributed by atoms with E-state index in [-0.39, 0.29) is 5.92 Å². The summed E-state index contributed by atoms with van der Waals surface area (Å²) in [5.74, 6) is -0.887. The number of hydrogen-bond acceptors (Lipinski definition) is 1. The molecule has 2 heteroatoms. The van der Waals surface area contributed by atoms with E-state index in [1.165, 1.54) is 6.42 Å². The zero-order valence-corrected chi connectivity index (χ0v) is 9.85. The highest BCUT2D eigenvalue weighted by molar-refractivity contribution is 5.69. The SMILES string of the molecule is CCC(C)(C)C.CCC(C)C(=O)O. The van der Waals surface area contributed by atoms with Gasteiger partial charge in [-0.3, -0.25) is 4.79 Å². The van der Waals surface area contributed by atoms with E-state index in [1.54, 1.807) is 6.92 Å². The lowest BCUT2D eigenvalue weighted by Crippen LogP contribution is -2.06. The smallest absolute Gasteiger partial charge is 0.306 e. The van der Waals surface area contributed by atoms with Crippen molar-refractivity contribution in [1.82, 2.24) is 0 Å². The summed E-state index contributed by atoms with van der Waals surface area (Å²) >= 11 is 0. The molecule has 0 aromatic heterocycles. The number of carboxylic acids is 1. The summed E-state index contributed by atoms with van der Waals surface area (Å²) < 4.78 is 0. The van der Waals surface area contributed by atoms with Gasteiger partial charge >= 0.3 is 5.97 Å². The second kappa shape index (κ2) is 6.93. The number of carboxylic acid groups (broad SMARTS) is 1. The highest BCUT2D eigenvalue weighted by Crippen LogP contribution is 2.16. The standard InChI is InChI=1S/C6H14.C5H10O2/c1-5-6(2,3)4;1-3-4(2)5(6)7/h5H2,1-4H3;4H,3H2,1-2H3,(H,6,7). The fraction of sp³-hybridized carbons (Fsp3) is 0.909. The van der Waals surface area contributed by atoms with E-state index in [9.17, 15) is 4.79 Å². The summed E-state index contributed by atoms with van der Waals surface area (Å²) in [4.78, 5) is 9.93. The molecule has 0 aliphatic heterocycles. The van der Waals surface area contributed by atoms with Crippen LogP contribution < -0.4 is 0 Å². The molecule has 1 atom stereocenters. The van der Waals surface area contributed by atoms with Crippen LogP contribution in [-0.2, 0) is 4.79 Å². The number of rotatable bonds is 2. The Labute approximate surface area is 82.4 Å². The molecule has 0 amide bonds. The van der Waals surface area contributed by atoms with Crippen molar-refractivity contribution in [2.75, 3.05) is 0 Å². The van der Waals surface area contributed by atoms with Crippen molar-refractivity contribution in [2.45, 2.75) is 54.4 Å². The topological polar surface area (TPSA) is 37.3 Å².